The number of likely N-dealkylation sites (tertiary alicyclic amines) is 1. The van der Waals surface area contributed by atoms with E-state index in [0.29, 0.717) is 13.0 Å². The number of carbonyl (C=O) groups is 4. The van der Waals surface area contributed by atoms with Gasteiger partial charge in [-0.15, -0.1) is 0 Å². The third-order valence-electron chi connectivity index (χ3n) is 7.89. The number of methoxy groups -OCH3 is 3. The van der Waals surface area contributed by atoms with E-state index in [1.54, 1.807) is 43.0 Å². The van der Waals surface area contributed by atoms with Crippen LogP contribution in [0.4, 0.5) is 0 Å². The maximum Gasteiger partial charge on any atom is 0.325 e. The van der Waals surface area contributed by atoms with E-state index in [2.05, 4.69) is 54.5 Å². The van der Waals surface area contributed by atoms with Crippen LogP contribution in [-0.2, 0) is 33.4 Å². The van der Waals surface area contributed by atoms with Crippen molar-refractivity contribution in [1.82, 2.24) is 15.1 Å². The second kappa shape index (κ2) is 29.8. The Balaban J connectivity index is -0.00000145. The molecule has 12 heteroatoms. The summed E-state index contributed by atoms with van der Waals surface area (Å²) in [5.41, 5.74) is 5.65. The van der Waals surface area contributed by atoms with E-state index in [9.17, 15) is 19.2 Å². The lowest BCUT2D eigenvalue weighted by molar-refractivity contribution is -0.146. The first-order valence-corrected chi connectivity index (χ1v) is 16.7. The minimum absolute atomic E-state index is 0.0343. The highest BCUT2D eigenvalue weighted by atomic mass is 16.5. The Hall–Kier alpha value is -3.35. The lowest BCUT2D eigenvalue weighted by Gasteiger charge is -2.39. The van der Waals surface area contributed by atoms with E-state index in [-0.39, 0.29) is 55.2 Å². The zero-order chi connectivity index (χ0) is 37.8. The summed E-state index contributed by atoms with van der Waals surface area (Å²) >= 11 is 0. The van der Waals surface area contributed by atoms with Gasteiger partial charge in [0.1, 0.15) is 13.1 Å². The molecule has 0 aromatic heterocycles. The number of ether oxygens (including phenoxy) is 3. The fourth-order valence-corrected chi connectivity index (χ4v) is 5.18. The van der Waals surface area contributed by atoms with Gasteiger partial charge in [0.2, 0.25) is 17.7 Å². The lowest BCUT2D eigenvalue weighted by Crippen LogP contribution is -2.53. The first-order valence-electron chi connectivity index (χ1n) is 16.7. The molecule has 0 saturated carbocycles. The average Bonchev–Trinajstić information content (AvgIpc) is 3.58. The van der Waals surface area contributed by atoms with Crippen LogP contribution in [0.2, 0.25) is 0 Å². The molecule has 1 heterocycles. The molecule has 6 unspecified atom stereocenters. The molecule has 1 saturated heterocycles. The van der Waals surface area contributed by atoms with Gasteiger partial charge in [0.25, 0.3) is 0 Å². The van der Waals surface area contributed by atoms with Crippen molar-refractivity contribution in [3.63, 3.8) is 0 Å². The summed E-state index contributed by atoms with van der Waals surface area (Å²) in [6.07, 6.45) is 7.98. The minimum Gasteiger partial charge on any atom is -0.468 e. The van der Waals surface area contributed by atoms with E-state index in [1.165, 1.54) is 27.7 Å². The van der Waals surface area contributed by atoms with Crippen LogP contribution in [0.1, 0.15) is 73.6 Å². The third-order valence-corrected chi connectivity index (χ3v) is 7.89. The monoisotopic (exact) mass is 682 g/mol. The molecule has 0 radical (unpaired) electrons. The fraction of sp³-hybridized carbons (Fsp3) is 0.694. The van der Waals surface area contributed by atoms with Gasteiger partial charge in [-0.1, -0.05) is 84.4 Å². The summed E-state index contributed by atoms with van der Waals surface area (Å²) in [6.45, 7) is 22.8. The molecule has 6 atom stereocenters. The number of aliphatic imine (C=N–C) groups is 1. The number of likely N-dealkylation sites (N-methyl/N-ethyl adjacent to an activating group) is 1. The molecule has 3 amide bonds. The number of allylic oxidation sites excluding steroid dienone is 4. The van der Waals surface area contributed by atoms with Crippen LogP contribution in [0.5, 0.6) is 0 Å². The summed E-state index contributed by atoms with van der Waals surface area (Å²) < 4.78 is 16.0. The quantitative estimate of drug-likeness (QED) is 0.132. The number of esters is 1. The normalized spacial score (nSPS) is 16.7. The van der Waals surface area contributed by atoms with E-state index < -0.39 is 24.1 Å². The second-order valence-corrected chi connectivity index (χ2v) is 11.4. The van der Waals surface area contributed by atoms with Crippen molar-refractivity contribution in [2.45, 2.75) is 97.9 Å². The Morgan fingerprint density at radius 3 is 2.08 bits per heavy atom. The maximum absolute atomic E-state index is 13.5. The summed E-state index contributed by atoms with van der Waals surface area (Å²) in [4.78, 5) is 57.2. The van der Waals surface area contributed by atoms with Crippen molar-refractivity contribution in [2.24, 2.45) is 22.6 Å². The van der Waals surface area contributed by atoms with Crippen LogP contribution < -0.4 is 11.1 Å². The highest BCUT2D eigenvalue weighted by molar-refractivity contribution is 5.84. The Morgan fingerprint density at radius 2 is 1.67 bits per heavy atom. The number of nitrogens with two attached hydrogens (primary N) is 1. The van der Waals surface area contributed by atoms with Crippen LogP contribution in [0.15, 0.2) is 42.0 Å². The Morgan fingerprint density at radius 1 is 1.08 bits per heavy atom. The molecular formula is C36H67N5O7. The van der Waals surface area contributed by atoms with Crippen molar-refractivity contribution in [3.05, 3.63) is 37.0 Å². The average molecular weight is 682 g/mol. The number of hydrogen-bond donors (Lipinski definition) is 2. The molecule has 48 heavy (non-hydrogen) atoms. The molecule has 0 aromatic carbocycles. The summed E-state index contributed by atoms with van der Waals surface area (Å²) in [5.74, 6) is -1.72. The van der Waals surface area contributed by atoms with Crippen LogP contribution in [0.25, 0.3) is 0 Å². The SMILES string of the molecule is C=C/C=C(/C)C=C.C=NCC(=O)N(C)C(C(C)CC)C(CC(=O)N1CCCC1C(OC)C(C)C(=O)NCC(=O)OC)OC.CCC.CN. The smallest absolute Gasteiger partial charge is 0.325 e. The maximum atomic E-state index is 13.5. The highest BCUT2D eigenvalue weighted by Gasteiger charge is 2.41. The van der Waals surface area contributed by atoms with Crippen molar-refractivity contribution in [3.8, 4) is 0 Å². The van der Waals surface area contributed by atoms with Gasteiger partial charge in [-0.3, -0.25) is 24.2 Å². The first-order chi connectivity index (χ1) is 22.8. The van der Waals surface area contributed by atoms with E-state index in [0.717, 1.165) is 18.4 Å². The summed E-state index contributed by atoms with van der Waals surface area (Å²) in [5, 5.41) is 2.56. The standard InChI is InChI=1S/C25H44N4O7.C7H10.C3H8.CH5N/c1-9-16(2)23(28(5)21(31)14-26-4)19(34-6)13-20(30)29-12-10-11-18(29)24(36-8)17(3)25(33)27-15-22(32)35-7;1-4-6-7(3)5-2;1-3-2;1-2/h16-19,23-24H,4,9-15H2,1-3,5-8H3,(H,27,33);4-6H,1-2H2,3H3;3H2,1-2H3;2H2,1H3/b;7-6-;;. The topological polar surface area (TPSA) is 153 Å². The molecular weight excluding hydrogens is 614 g/mol. The predicted octanol–water partition coefficient (Wildman–Crippen LogP) is 4.19. The van der Waals surface area contributed by atoms with E-state index in [1.807, 2.05) is 26.8 Å². The number of amides is 3. The lowest BCUT2D eigenvalue weighted by atomic mass is 9.90. The molecule has 1 fully saturated rings. The fourth-order valence-electron chi connectivity index (χ4n) is 5.18. The van der Waals surface area contributed by atoms with Crippen molar-refractivity contribution in [1.29, 1.82) is 0 Å². The van der Waals surface area contributed by atoms with Crippen LogP contribution in [-0.4, -0.2) is 120 Å². The Kier molecular flexibility index (Phi) is 30.4. The summed E-state index contributed by atoms with van der Waals surface area (Å²) in [6, 6.07) is -0.620. The third kappa shape index (κ3) is 18.3. The van der Waals surface area contributed by atoms with Gasteiger partial charge in [-0.05, 0) is 39.4 Å². The van der Waals surface area contributed by atoms with Crippen LogP contribution >= 0.6 is 0 Å². The van der Waals surface area contributed by atoms with Crippen LogP contribution in [0.3, 0.4) is 0 Å². The molecule has 0 spiro atoms. The number of rotatable bonds is 17. The largest absolute Gasteiger partial charge is 0.468 e. The van der Waals surface area contributed by atoms with Crippen LogP contribution in [0, 0.1) is 11.8 Å². The zero-order valence-electron chi connectivity index (χ0n) is 31.8. The Bertz CT molecular complexity index is 988. The van der Waals surface area contributed by atoms with Gasteiger partial charge >= 0.3 is 5.97 Å². The predicted molar refractivity (Wildman–Crippen MR) is 196 cm³/mol. The first kappa shape index (κ1) is 49.0. The van der Waals surface area contributed by atoms with Gasteiger partial charge < -0.3 is 35.1 Å². The van der Waals surface area contributed by atoms with Crippen molar-refractivity contribution in [2.75, 3.05) is 55.1 Å². The molecule has 278 valence electrons. The highest BCUT2D eigenvalue weighted by Crippen LogP contribution is 2.29. The molecule has 3 N–H and O–H groups in total. The Labute approximate surface area is 291 Å². The zero-order valence-corrected chi connectivity index (χ0v) is 31.8. The van der Waals surface area contributed by atoms with Gasteiger partial charge in [0.15, 0.2) is 0 Å². The number of nitrogens with zero attached hydrogens (tertiary/aromatic N) is 3. The second-order valence-electron chi connectivity index (χ2n) is 11.4. The van der Waals surface area contributed by atoms with Gasteiger partial charge in [-0.25, -0.2) is 0 Å². The number of carbonyl (C=O) groups excluding carboxylic acids is 4. The van der Waals surface area contributed by atoms with Gasteiger partial charge in [0.05, 0.1) is 43.7 Å². The minimum atomic E-state index is -0.598. The molecule has 12 nitrogen and oxygen atoms in total. The molecule has 1 aliphatic rings. The molecule has 0 aromatic rings. The van der Waals surface area contributed by atoms with Gasteiger partial charge in [-0.2, -0.15) is 0 Å². The number of nitrogens with one attached hydrogen (secondary N) is 1. The summed E-state index contributed by atoms with van der Waals surface area (Å²) in [7, 11) is 7.52. The number of hydrogen-bond acceptors (Lipinski definition) is 9. The van der Waals surface area contributed by atoms with E-state index in [4.69, 9.17) is 9.47 Å². The molecule has 1 rings (SSSR count). The van der Waals surface area contributed by atoms with Crippen molar-refractivity contribution < 1.29 is 33.4 Å². The van der Waals surface area contributed by atoms with E-state index >= 15 is 0 Å². The molecule has 0 bridgehead atoms. The molecule has 1 aliphatic heterocycles. The van der Waals surface area contributed by atoms with Crippen molar-refractivity contribution >= 4 is 30.4 Å². The van der Waals surface area contributed by atoms with Gasteiger partial charge in [0, 0.05) is 27.8 Å². The molecule has 0 aliphatic carbocycles.